The Morgan fingerprint density at radius 3 is 3.10 bits per heavy atom. The van der Waals surface area contributed by atoms with Crippen LogP contribution in [0.2, 0.25) is 0 Å². The van der Waals surface area contributed by atoms with E-state index in [4.69, 9.17) is 9.84 Å². The quantitative estimate of drug-likeness (QED) is 0.833. The zero-order chi connectivity index (χ0) is 15.2. The molecule has 1 amide bonds. The van der Waals surface area contributed by atoms with E-state index in [2.05, 4.69) is 11.6 Å². The van der Waals surface area contributed by atoms with E-state index in [-0.39, 0.29) is 24.8 Å². The molecule has 6 nitrogen and oxygen atoms in total. The van der Waals surface area contributed by atoms with Crippen molar-refractivity contribution in [3.8, 4) is 5.75 Å². The van der Waals surface area contributed by atoms with Crippen LogP contribution in [-0.2, 0) is 4.79 Å². The number of likely N-dealkylation sites (tertiary alicyclic amines) is 1. The lowest BCUT2D eigenvalue weighted by Crippen LogP contribution is -2.42. The smallest absolute Gasteiger partial charge is 0.308 e. The van der Waals surface area contributed by atoms with Gasteiger partial charge in [0.1, 0.15) is 6.61 Å². The van der Waals surface area contributed by atoms with Gasteiger partial charge >= 0.3 is 5.97 Å². The summed E-state index contributed by atoms with van der Waals surface area (Å²) in [7, 11) is 0. The highest BCUT2D eigenvalue weighted by molar-refractivity contribution is 5.95. The molecule has 1 aliphatic heterocycles. The molecular weight excluding hydrogens is 272 g/mol. The fourth-order valence-electron chi connectivity index (χ4n) is 2.33. The van der Waals surface area contributed by atoms with Gasteiger partial charge in [0.25, 0.3) is 5.91 Å². The summed E-state index contributed by atoms with van der Waals surface area (Å²) in [5, 5.41) is 9.09. The molecule has 0 bridgehead atoms. The average molecular weight is 290 g/mol. The Labute approximate surface area is 123 Å². The van der Waals surface area contributed by atoms with Gasteiger partial charge in [0.2, 0.25) is 0 Å². The highest BCUT2D eigenvalue weighted by Gasteiger charge is 2.30. The number of carboxylic acids is 1. The first-order valence-corrected chi connectivity index (χ1v) is 6.84. The van der Waals surface area contributed by atoms with Crippen molar-refractivity contribution in [1.82, 2.24) is 9.88 Å². The molecule has 1 aromatic heterocycles. The Balaban J connectivity index is 2.15. The lowest BCUT2D eigenvalue weighted by Gasteiger charge is -2.30. The maximum atomic E-state index is 12.5. The van der Waals surface area contributed by atoms with Crippen LogP contribution in [0.15, 0.2) is 31.0 Å². The number of carboxylic acid groups (broad SMARTS) is 1. The molecule has 0 unspecified atom stereocenters. The highest BCUT2D eigenvalue weighted by atomic mass is 16.5. The van der Waals surface area contributed by atoms with E-state index in [1.807, 2.05) is 0 Å². The normalized spacial score (nSPS) is 18.1. The second-order valence-electron chi connectivity index (χ2n) is 4.88. The number of amides is 1. The number of ether oxygens (including phenoxy) is 1. The summed E-state index contributed by atoms with van der Waals surface area (Å²) in [6.07, 6.45) is 4.38. The minimum Gasteiger partial charge on any atom is -0.487 e. The molecule has 21 heavy (non-hydrogen) atoms. The molecule has 0 aliphatic carbocycles. The van der Waals surface area contributed by atoms with Crippen molar-refractivity contribution in [2.45, 2.75) is 12.8 Å². The van der Waals surface area contributed by atoms with E-state index >= 15 is 0 Å². The Morgan fingerprint density at radius 1 is 1.57 bits per heavy atom. The minimum absolute atomic E-state index is 0.213. The zero-order valence-corrected chi connectivity index (χ0v) is 11.7. The Kier molecular flexibility index (Phi) is 4.92. The molecule has 1 aliphatic rings. The predicted molar refractivity (Wildman–Crippen MR) is 76.2 cm³/mol. The van der Waals surface area contributed by atoms with Crippen LogP contribution < -0.4 is 4.74 Å². The van der Waals surface area contributed by atoms with E-state index in [9.17, 15) is 9.59 Å². The van der Waals surface area contributed by atoms with Gasteiger partial charge in [0.05, 0.1) is 5.92 Å². The topological polar surface area (TPSA) is 79.7 Å². The summed E-state index contributed by atoms with van der Waals surface area (Å²) in [6.45, 7) is 4.60. The molecule has 0 spiro atoms. The third kappa shape index (κ3) is 3.59. The number of carbonyl (C=O) groups excluding carboxylic acids is 1. The van der Waals surface area contributed by atoms with Gasteiger partial charge in [-0.05, 0) is 25.0 Å². The lowest BCUT2D eigenvalue weighted by atomic mass is 9.98. The molecule has 0 saturated carbocycles. The number of nitrogens with zero attached hydrogens (tertiary/aromatic N) is 2. The van der Waals surface area contributed by atoms with Gasteiger partial charge in [-0.15, -0.1) is 0 Å². The average Bonchev–Trinajstić information content (AvgIpc) is 2.52. The first kappa shape index (κ1) is 15.0. The maximum Gasteiger partial charge on any atom is 0.308 e. The van der Waals surface area contributed by atoms with Gasteiger partial charge in [-0.3, -0.25) is 9.59 Å². The summed E-state index contributed by atoms with van der Waals surface area (Å²) < 4.78 is 5.43. The predicted octanol–water partition coefficient (Wildman–Crippen LogP) is 1.58. The first-order chi connectivity index (χ1) is 10.1. The molecule has 112 valence electrons. The molecule has 1 N–H and O–H groups in total. The van der Waals surface area contributed by atoms with Gasteiger partial charge in [-0.25, -0.2) is 4.98 Å². The molecule has 1 aromatic rings. The van der Waals surface area contributed by atoms with Gasteiger partial charge in [-0.1, -0.05) is 12.7 Å². The van der Waals surface area contributed by atoms with Crippen molar-refractivity contribution in [1.29, 1.82) is 0 Å². The van der Waals surface area contributed by atoms with Gasteiger partial charge in [0, 0.05) is 19.3 Å². The summed E-state index contributed by atoms with van der Waals surface area (Å²) in [5.41, 5.74) is 0.213. The summed E-state index contributed by atoms with van der Waals surface area (Å²) >= 11 is 0. The van der Waals surface area contributed by atoms with Crippen LogP contribution in [0.1, 0.15) is 23.3 Å². The molecule has 2 rings (SSSR count). The minimum atomic E-state index is -0.864. The van der Waals surface area contributed by atoms with E-state index in [1.165, 1.54) is 11.1 Å². The first-order valence-electron chi connectivity index (χ1n) is 6.84. The molecule has 2 heterocycles. The van der Waals surface area contributed by atoms with Crippen LogP contribution in [-0.4, -0.2) is 46.6 Å². The van der Waals surface area contributed by atoms with Crippen molar-refractivity contribution in [2.75, 3.05) is 19.7 Å². The Morgan fingerprint density at radius 2 is 2.38 bits per heavy atom. The molecule has 0 aromatic carbocycles. The zero-order valence-electron chi connectivity index (χ0n) is 11.7. The molecular formula is C15H18N2O4. The fraction of sp³-hybridized carbons (Fsp3) is 0.400. The van der Waals surface area contributed by atoms with Crippen molar-refractivity contribution < 1.29 is 19.4 Å². The number of aromatic nitrogens is 1. The Bertz CT molecular complexity index is 544. The fourth-order valence-corrected chi connectivity index (χ4v) is 2.33. The Hall–Kier alpha value is -2.37. The molecule has 6 heteroatoms. The molecule has 1 atom stereocenters. The van der Waals surface area contributed by atoms with Crippen LogP contribution in [0.25, 0.3) is 0 Å². The molecule has 0 radical (unpaired) electrons. The molecule has 1 saturated heterocycles. The lowest BCUT2D eigenvalue weighted by molar-refractivity contribution is -0.143. The molecule has 1 fully saturated rings. The van der Waals surface area contributed by atoms with Crippen molar-refractivity contribution in [3.63, 3.8) is 0 Å². The largest absolute Gasteiger partial charge is 0.487 e. The van der Waals surface area contributed by atoms with E-state index < -0.39 is 11.9 Å². The number of hydrogen-bond donors (Lipinski definition) is 1. The number of aliphatic carboxylic acids is 1. The monoisotopic (exact) mass is 290 g/mol. The van der Waals surface area contributed by atoms with Crippen molar-refractivity contribution >= 4 is 11.9 Å². The second-order valence-corrected chi connectivity index (χ2v) is 4.88. The SMILES string of the molecule is C=CCOc1cccnc1C(=O)N1CCC[C@H](C(=O)O)C1. The number of pyridine rings is 1. The van der Waals surface area contributed by atoms with Crippen LogP contribution in [0.5, 0.6) is 5.75 Å². The summed E-state index contributed by atoms with van der Waals surface area (Å²) in [5.74, 6) is -1.28. The number of rotatable bonds is 5. The van der Waals surface area contributed by atoms with Crippen LogP contribution >= 0.6 is 0 Å². The second kappa shape index (κ2) is 6.88. The van der Waals surface area contributed by atoms with Crippen LogP contribution in [0.4, 0.5) is 0 Å². The third-order valence-corrected chi connectivity index (χ3v) is 3.39. The van der Waals surface area contributed by atoms with Crippen molar-refractivity contribution in [3.05, 3.63) is 36.7 Å². The van der Waals surface area contributed by atoms with E-state index in [0.717, 1.165) is 0 Å². The number of hydrogen-bond acceptors (Lipinski definition) is 4. The summed E-state index contributed by atoms with van der Waals surface area (Å²) in [4.78, 5) is 29.2. The van der Waals surface area contributed by atoms with Gasteiger partial charge < -0.3 is 14.7 Å². The van der Waals surface area contributed by atoms with E-state index in [0.29, 0.717) is 25.1 Å². The van der Waals surface area contributed by atoms with Crippen LogP contribution in [0.3, 0.4) is 0 Å². The highest BCUT2D eigenvalue weighted by Crippen LogP contribution is 2.22. The number of piperidine rings is 1. The standard InChI is InChI=1S/C15H18N2O4/c1-2-9-21-12-6-3-7-16-13(12)14(18)17-8-4-5-11(10-17)15(19)20/h2-3,6-7,11H,1,4-5,8-10H2,(H,19,20)/t11-/m0/s1. The van der Waals surface area contributed by atoms with E-state index in [1.54, 1.807) is 18.2 Å². The van der Waals surface area contributed by atoms with Crippen LogP contribution in [0, 0.1) is 5.92 Å². The van der Waals surface area contributed by atoms with Crippen molar-refractivity contribution in [2.24, 2.45) is 5.92 Å². The third-order valence-electron chi connectivity index (χ3n) is 3.39. The van der Waals surface area contributed by atoms with Gasteiger partial charge in [0.15, 0.2) is 11.4 Å². The number of carbonyl (C=O) groups is 2. The summed E-state index contributed by atoms with van der Waals surface area (Å²) in [6, 6.07) is 3.35. The maximum absolute atomic E-state index is 12.5. The van der Waals surface area contributed by atoms with Gasteiger partial charge in [-0.2, -0.15) is 0 Å².